The van der Waals surface area contributed by atoms with Crippen molar-refractivity contribution in [2.24, 2.45) is 11.3 Å². The molecule has 0 bridgehead atoms. The second kappa shape index (κ2) is 3.53. The third-order valence-electron chi connectivity index (χ3n) is 3.00. The van der Waals surface area contributed by atoms with Crippen molar-refractivity contribution in [1.29, 1.82) is 0 Å². The highest BCUT2D eigenvalue weighted by Crippen LogP contribution is 2.40. The predicted molar refractivity (Wildman–Crippen MR) is 59.6 cm³/mol. The minimum Gasteiger partial charge on any atom is -0.0985 e. The van der Waals surface area contributed by atoms with Crippen LogP contribution in [0, 0.1) is 11.3 Å². The fraction of sp³-hybridized carbons (Fsp3) is 0.538. The molecule has 0 heterocycles. The van der Waals surface area contributed by atoms with Gasteiger partial charge in [0.15, 0.2) is 0 Å². The Balaban J connectivity index is 2.62. The van der Waals surface area contributed by atoms with E-state index in [-0.39, 0.29) is 0 Å². The summed E-state index contributed by atoms with van der Waals surface area (Å²) >= 11 is 0. The highest BCUT2D eigenvalue weighted by molar-refractivity contribution is 5.38. The molecule has 1 aliphatic carbocycles. The summed E-state index contributed by atoms with van der Waals surface area (Å²) in [6.07, 6.45) is 6.55. The molecule has 0 heteroatoms. The molecule has 13 heavy (non-hydrogen) atoms. The maximum atomic E-state index is 3.99. The summed E-state index contributed by atoms with van der Waals surface area (Å²) in [7, 11) is 0. The third kappa shape index (κ3) is 2.33. The molecular formula is C13H20. The Morgan fingerprint density at radius 3 is 2.54 bits per heavy atom. The first-order chi connectivity index (χ1) is 5.95. The Morgan fingerprint density at radius 1 is 1.54 bits per heavy atom. The van der Waals surface area contributed by atoms with Crippen LogP contribution in [0.15, 0.2) is 36.5 Å². The van der Waals surface area contributed by atoms with E-state index in [4.69, 9.17) is 0 Å². The minimum absolute atomic E-state index is 0.416. The molecule has 0 aliphatic heterocycles. The van der Waals surface area contributed by atoms with Gasteiger partial charge in [0.1, 0.15) is 0 Å². The molecule has 1 rings (SSSR count). The van der Waals surface area contributed by atoms with Gasteiger partial charge in [-0.05, 0) is 35.3 Å². The quantitative estimate of drug-likeness (QED) is 0.555. The van der Waals surface area contributed by atoms with Gasteiger partial charge in [-0.2, -0.15) is 0 Å². The summed E-state index contributed by atoms with van der Waals surface area (Å²) in [5, 5.41) is 0. The van der Waals surface area contributed by atoms with E-state index in [1.54, 1.807) is 0 Å². The smallest absolute Gasteiger partial charge is 0.0240 e. The average molecular weight is 176 g/mol. The van der Waals surface area contributed by atoms with Gasteiger partial charge >= 0.3 is 0 Å². The van der Waals surface area contributed by atoms with Crippen LogP contribution >= 0.6 is 0 Å². The lowest BCUT2D eigenvalue weighted by molar-refractivity contribution is 0.252. The fourth-order valence-corrected chi connectivity index (χ4v) is 1.77. The van der Waals surface area contributed by atoms with Crippen LogP contribution in [0.3, 0.4) is 0 Å². The van der Waals surface area contributed by atoms with Crippen LogP contribution < -0.4 is 0 Å². The lowest BCUT2D eigenvalue weighted by Gasteiger charge is -2.27. The maximum Gasteiger partial charge on any atom is -0.0240 e. The van der Waals surface area contributed by atoms with E-state index >= 15 is 0 Å². The Kier molecular flexibility index (Phi) is 2.80. The minimum atomic E-state index is 0.416. The van der Waals surface area contributed by atoms with E-state index in [1.165, 1.54) is 18.4 Å². The molecule has 0 N–H and O–H groups in total. The van der Waals surface area contributed by atoms with Crippen LogP contribution in [0.4, 0.5) is 0 Å². The van der Waals surface area contributed by atoms with Crippen molar-refractivity contribution in [3.8, 4) is 0 Å². The van der Waals surface area contributed by atoms with E-state index in [2.05, 4.69) is 40.0 Å². The number of allylic oxidation sites excluding steroid dienone is 4. The van der Waals surface area contributed by atoms with Gasteiger partial charge in [0.05, 0.1) is 0 Å². The Hall–Kier alpha value is -0.780. The largest absolute Gasteiger partial charge is 0.0985 e. The molecule has 0 aromatic heterocycles. The molecule has 0 fully saturated rings. The van der Waals surface area contributed by atoms with Gasteiger partial charge in [0.25, 0.3) is 0 Å². The standard InChI is InChI=1S/C13H20/c1-6-10(2)11-7-8-12(9-11)13(3,4)5/h6-7,12H,1-2,8-9H2,3-5H3. The second-order valence-electron chi connectivity index (χ2n) is 4.96. The van der Waals surface area contributed by atoms with E-state index in [0.29, 0.717) is 5.41 Å². The van der Waals surface area contributed by atoms with Gasteiger partial charge in [-0.1, -0.05) is 46.1 Å². The van der Waals surface area contributed by atoms with Gasteiger partial charge in [0, 0.05) is 0 Å². The molecule has 0 nitrogen and oxygen atoms in total. The molecule has 72 valence electrons. The first-order valence-corrected chi connectivity index (χ1v) is 4.96. The highest BCUT2D eigenvalue weighted by Gasteiger charge is 2.28. The molecule has 0 radical (unpaired) electrons. The molecule has 0 aromatic rings. The molecule has 0 amide bonds. The van der Waals surface area contributed by atoms with Gasteiger partial charge in [-0.15, -0.1) is 0 Å². The molecule has 0 saturated heterocycles. The molecule has 1 aliphatic rings. The molecule has 0 saturated carbocycles. The monoisotopic (exact) mass is 176 g/mol. The zero-order chi connectivity index (χ0) is 10.1. The lowest BCUT2D eigenvalue weighted by atomic mass is 9.78. The van der Waals surface area contributed by atoms with E-state index < -0.39 is 0 Å². The van der Waals surface area contributed by atoms with Crippen LogP contribution in [0.5, 0.6) is 0 Å². The van der Waals surface area contributed by atoms with Crippen molar-refractivity contribution < 1.29 is 0 Å². The van der Waals surface area contributed by atoms with Crippen molar-refractivity contribution >= 4 is 0 Å². The molecule has 0 aromatic carbocycles. The van der Waals surface area contributed by atoms with Crippen molar-refractivity contribution in [1.82, 2.24) is 0 Å². The Bertz CT molecular complexity index is 248. The topological polar surface area (TPSA) is 0 Å². The first kappa shape index (κ1) is 10.3. The van der Waals surface area contributed by atoms with Crippen LogP contribution in [0.1, 0.15) is 33.6 Å². The van der Waals surface area contributed by atoms with Gasteiger partial charge in [0.2, 0.25) is 0 Å². The SMILES string of the molecule is C=CC(=C)C1=CCC(C(C)(C)C)C1. The fourth-order valence-electron chi connectivity index (χ4n) is 1.77. The predicted octanol–water partition coefficient (Wildman–Crippen LogP) is 4.11. The summed E-state index contributed by atoms with van der Waals surface area (Å²) in [6.45, 7) is 14.7. The Morgan fingerprint density at radius 2 is 2.15 bits per heavy atom. The van der Waals surface area contributed by atoms with Gasteiger partial charge in [-0.25, -0.2) is 0 Å². The van der Waals surface area contributed by atoms with Gasteiger partial charge < -0.3 is 0 Å². The van der Waals surface area contributed by atoms with E-state index in [0.717, 1.165) is 11.5 Å². The van der Waals surface area contributed by atoms with Crippen LogP contribution in [-0.2, 0) is 0 Å². The zero-order valence-electron chi connectivity index (χ0n) is 9.06. The second-order valence-corrected chi connectivity index (χ2v) is 4.96. The third-order valence-corrected chi connectivity index (χ3v) is 3.00. The molecule has 1 unspecified atom stereocenters. The van der Waals surface area contributed by atoms with Crippen molar-refractivity contribution in [2.75, 3.05) is 0 Å². The van der Waals surface area contributed by atoms with Crippen molar-refractivity contribution in [3.63, 3.8) is 0 Å². The molecule has 0 spiro atoms. The Labute approximate surface area is 82.0 Å². The molecule has 1 atom stereocenters. The van der Waals surface area contributed by atoms with Crippen molar-refractivity contribution in [2.45, 2.75) is 33.6 Å². The van der Waals surface area contributed by atoms with Crippen LogP contribution in [0.2, 0.25) is 0 Å². The summed E-state index contributed by atoms with van der Waals surface area (Å²) in [5.74, 6) is 0.777. The summed E-state index contributed by atoms with van der Waals surface area (Å²) in [5.41, 5.74) is 2.92. The number of hydrogen-bond donors (Lipinski definition) is 0. The van der Waals surface area contributed by atoms with Crippen molar-refractivity contribution in [3.05, 3.63) is 36.5 Å². The maximum absolute atomic E-state index is 3.99. The summed E-state index contributed by atoms with van der Waals surface area (Å²) in [4.78, 5) is 0. The lowest BCUT2D eigenvalue weighted by Crippen LogP contribution is -2.17. The average Bonchev–Trinajstić information content (AvgIpc) is 2.50. The first-order valence-electron chi connectivity index (χ1n) is 4.96. The number of hydrogen-bond acceptors (Lipinski definition) is 0. The molecular weight excluding hydrogens is 156 g/mol. The van der Waals surface area contributed by atoms with Gasteiger partial charge in [-0.3, -0.25) is 0 Å². The van der Waals surface area contributed by atoms with E-state index in [9.17, 15) is 0 Å². The van der Waals surface area contributed by atoms with Crippen LogP contribution in [-0.4, -0.2) is 0 Å². The summed E-state index contributed by atoms with van der Waals surface area (Å²) in [6, 6.07) is 0. The van der Waals surface area contributed by atoms with Crippen LogP contribution in [0.25, 0.3) is 0 Å². The zero-order valence-corrected chi connectivity index (χ0v) is 9.06. The van der Waals surface area contributed by atoms with E-state index in [1.807, 2.05) is 6.08 Å². The normalized spacial score (nSPS) is 22.7. The number of rotatable bonds is 2. The highest BCUT2D eigenvalue weighted by atomic mass is 14.3. The summed E-state index contributed by atoms with van der Waals surface area (Å²) < 4.78 is 0.